The second kappa shape index (κ2) is 11.3. The summed E-state index contributed by atoms with van der Waals surface area (Å²) < 4.78 is 50.6. The van der Waals surface area contributed by atoms with Gasteiger partial charge in [0.05, 0.1) is 12.2 Å². The Kier molecular flexibility index (Phi) is 8.43. The Bertz CT molecular complexity index is 1010. The summed E-state index contributed by atoms with van der Waals surface area (Å²) in [5.41, 5.74) is 3.06. The van der Waals surface area contributed by atoms with Gasteiger partial charge in [-0.3, -0.25) is 0 Å². The molecule has 0 heterocycles. The smallest absolute Gasteiger partial charge is 0.416 e. The van der Waals surface area contributed by atoms with Crippen LogP contribution in [0.4, 0.5) is 13.2 Å². The number of alkyl halides is 3. The molecule has 176 valence electrons. The van der Waals surface area contributed by atoms with Crippen molar-refractivity contribution in [2.45, 2.75) is 58.7 Å². The van der Waals surface area contributed by atoms with Crippen molar-refractivity contribution in [3.05, 3.63) is 83.4 Å². The molecule has 0 N–H and O–H groups in total. The molecule has 0 saturated heterocycles. The Morgan fingerprint density at radius 1 is 0.818 bits per heavy atom. The van der Waals surface area contributed by atoms with E-state index in [-0.39, 0.29) is 6.10 Å². The zero-order valence-corrected chi connectivity index (χ0v) is 19.4. The Labute approximate surface area is 194 Å². The summed E-state index contributed by atoms with van der Waals surface area (Å²) in [6, 6.07) is 19.0. The van der Waals surface area contributed by atoms with Gasteiger partial charge in [0.1, 0.15) is 17.6 Å². The van der Waals surface area contributed by atoms with Crippen molar-refractivity contribution in [3.63, 3.8) is 0 Å². The minimum Gasteiger partial charge on any atom is -0.493 e. The zero-order chi connectivity index (χ0) is 23.8. The van der Waals surface area contributed by atoms with Crippen LogP contribution in [0.3, 0.4) is 0 Å². The van der Waals surface area contributed by atoms with Gasteiger partial charge in [-0.15, -0.1) is 0 Å². The predicted molar refractivity (Wildman–Crippen MR) is 127 cm³/mol. The van der Waals surface area contributed by atoms with E-state index in [9.17, 15) is 13.2 Å². The van der Waals surface area contributed by atoms with E-state index in [1.54, 1.807) is 0 Å². The topological polar surface area (TPSA) is 18.5 Å². The van der Waals surface area contributed by atoms with Gasteiger partial charge in [-0.1, -0.05) is 56.7 Å². The molecule has 2 nitrogen and oxygen atoms in total. The number of benzene rings is 3. The minimum absolute atomic E-state index is 0.103. The van der Waals surface area contributed by atoms with Crippen molar-refractivity contribution in [2.75, 3.05) is 6.61 Å². The van der Waals surface area contributed by atoms with Gasteiger partial charge in [0.15, 0.2) is 0 Å². The van der Waals surface area contributed by atoms with Crippen LogP contribution >= 0.6 is 0 Å². The molecule has 0 amide bonds. The fourth-order valence-electron chi connectivity index (χ4n) is 3.66. The SMILES string of the molecule is CCCCC(Oc1ccc(OCCC)c(C)c1)c1ccc(-c2ccc(C(F)(F)F)cc2)cc1. The normalized spacial score (nSPS) is 12.4. The van der Waals surface area contributed by atoms with E-state index in [0.29, 0.717) is 6.61 Å². The van der Waals surface area contributed by atoms with Crippen LogP contribution in [-0.4, -0.2) is 6.61 Å². The number of aryl methyl sites for hydroxylation is 1. The molecule has 0 aliphatic heterocycles. The summed E-state index contributed by atoms with van der Waals surface area (Å²) in [7, 11) is 0. The third-order valence-electron chi connectivity index (χ3n) is 5.53. The quantitative estimate of drug-likeness (QED) is 0.303. The van der Waals surface area contributed by atoms with Crippen molar-refractivity contribution in [1.82, 2.24) is 0 Å². The first-order valence-corrected chi connectivity index (χ1v) is 11.5. The second-order valence-electron chi connectivity index (χ2n) is 8.22. The molecular formula is C28H31F3O2. The van der Waals surface area contributed by atoms with Gasteiger partial charge < -0.3 is 9.47 Å². The maximum Gasteiger partial charge on any atom is 0.416 e. The highest BCUT2D eigenvalue weighted by Gasteiger charge is 2.30. The molecule has 0 radical (unpaired) electrons. The molecule has 3 rings (SSSR count). The lowest BCUT2D eigenvalue weighted by atomic mass is 9.98. The molecule has 1 unspecified atom stereocenters. The van der Waals surface area contributed by atoms with E-state index in [0.717, 1.165) is 71.6 Å². The first kappa shape index (κ1) is 24.7. The Hall–Kier alpha value is -2.95. The Morgan fingerprint density at radius 2 is 1.45 bits per heavy atom. The van der Waals surface area contributed by atoms with Gasteiger partial charge in [-0.05, 0) is 78.8 Å². The highest BCUT2D eigenvalue weighted by Crippen LogP contribution is 2.33. The summed E-state index contributed by atoms with van der Waals surface area (Å²) in [4.78, 5) is 0. The number of unbranched alkanes of at least 4 members (excludes halogenated alkanes) is 1. The average molecular weight is 457 g/mol. The largest absolute Gasteiger partial charge is 0.493 e. The highest BCUT2D eigenvalue weighted by molar-refractivity contribution is 5.64. The predicted octanol–water partition coefficient (Wildman–Crippen LogP) is 8.78. The van der Waals surface area contributed by atoms with Crippen LogP contribution in [-0.2, 0) is 6.18 Å². The number of hydrogen-bond donors (Lipinski definition) is 0. The van der Waals surface area contributed by atoms with E-state index in [1.807, 2.05) is 49.4 Å². The third-order valence-corrected chi connectivity index (χ3v) is 5.53. The van der Waals surface area contributed by atoms with Crippen LogP contribution in [0.5, 0.6) is 11.5 Å². The first-order valence-electron chi connectivity index (χ1n) is 11.5. The summed E-state index contributed by atoms with van der Waals surface area (Å²) in [5.74, 6) is 1.67. The minimum atomic E-state index is -4.33. The van der Waals surface area contributed by atoms with Gasteiger partial charge in [-0.2, -0.15) is 13.2 Å². The Morgan fingerprint density at radius 3 is 2.00 bits per heavy atom. The molecule has 1 atom stereocenters. The monoisotopic (exact) mass is 456 g/mol. The molecule has 0 saturated carbocycles. The molecular weight excluding hydrogens is 425 g/mol. The molecule has 0 aromatic heterocycles. The number of halogens is 3. The highest BCUT2D eigenvalue weighted by atomic mass is 19.4. The van der Waals surface area contributed by atoms with E-state index in [1.165, 1.54) is 12.1 Å². The van der Waals surface area contributed by atoms with Crippen LogP contribution in [0.1, 0.15) is 62.3 Å². The van der Waals surface area contributed by atoms with Crippen LogP contribution in [0, 0.1) is 6.92 Å². The fourth-order valence-corrected chi connectivity index (χ4v) is 3.66. The molecule has 3 aromatic rings. The van der Waals surface area contributed by atoms with Crippen LogP contribution < -0.4 is 9.47 Å². The van der Waals surface area contributed by atoms with Gasteiger partial charge in [0, 0.05) is 0 Å². The second-order valence-corrected chi connectivity index (χ2v) is 8.22. The van der Waals surface area contributed by atoms with E-state index < -0.39 is 11.7 Å². The molecule has 0 aliphatic rings. The summed E-state index contributed by atoms with van der Waals surface area (Å²) >= 11 is 0. The summed E-state index contributed by atoms with van der Waals surface area (Å²) in [6.07, 6.45) is -0.504. The van der Waals surface area contributed by atoms with Gasteiger partial charge in [0.25, 0.3) is 0 Å². The lowest BCUT2D eigenvalue weighted by Crippen LogP contribution is -2.08. The molecule has 0 fully saturated rings. The summed E-state index contributed by atoms with van der Waals surface area (Å²) in [6.45, 7) is 6.92. The van der Waals surface area contributed by atoms with Crippen LogP contribution in [0.2, 0.25) is 0 Å². The van der Waals surface area contributed by atoms with Crippen LogP contribution in [0.25, 0.3) is 11.1 Å². The van der Waals surface area contributed by atoms with Crippen molar-refractivity contribution in [2.24, 2.45) is 0 Å². The van der Waals surface area contributed by atoms with Gasteiger partial charge in [-0.25, -0.2) is 0 Å². The van der Waals surface area contributed by atoms with E-state index in [4.69, 9.17) is 9.47 Å². The first-order chi connectivity index (χ1) is 15.8. The van der Waals surface area contributed by atoms with Crippen molar-refractivity contribution in [1.29, 1.82) is 0 Å². The molecule has 33 heavy (non-hydrogen) atoms. The van der Waals surface area contributed by atoms with E-state index >= 15 is 0 Å². The maximum absolute atomic E-state index is 12.8. The fraction of sp³-hybridized carbons (Fsp3) is 0.357. The van der Waals surface area contributed by atoms with Gasteiger partial charge >= 0.3 is 6.18 Å². The Balaban J connectivity index is 1.76. The van der Waals surface area contributed by atoms with Crippen molar-refractivity contribution < 1.29 is 22.6 Å². The summed E-state index contributed by atoms with van der Waals surface area (Å²) in [5, 5.41) is 0. The maximum atomic E-state index is 12.8. The van der Waals surface area contributed by atoms with Gasteiger partial charge in [0.2, 0.25) is 0 Å². The number of hydrogen-bond acceptors (Lipinski definition) is 2. The molecule has 0 aliphatic carbocycles. The molecule has 3 aromatic carbocycles. The number of rotatable bonds is 10. The lowest BCUT2D eigenvalue weighted by Gasteiger charge is -2.21. The zero-order valence-electron chi connectivity index (χ0n) is 19.4. The standard InChI is InChI=1S/C28H31F3O2/c1-4-6-7-27(33-25-16-17-26(20(3)19-25)32-18-5-2)23-10-8-21(9-11-23)22-12-14-24(15-13-22)28(29,30)31/h8-17,19,27H,4-7,18H2,1-3H3. The van der Waals surface area contributed by atoms with E-state index in [2.05, 4.69) is 13.8 Å². The lowest BCUT2D eigenvalue weighted by molar-refractivity contribution is -0.137. The molecule has 0 bridgehead atoms. The average Bonchev–Trinajstić information content (AvgIpc) is 2.81. The number of ether oxygens (including phenoxy) is 2. The van der Waals surface area contributed by atoms with Crippen molar-refractivity contribution in [3.8, 4) is 22.6 Å². The molecule has 0 spiro atoms. The van der Waals surface area contributed by atoms with Crippen molar-refractivity contribution >= 4 is 0 Å². The van der Waals surface area contributed by atoms with Crippen LogP contribution in [0.15, 0.2) is 66.7 Å². The molecule has 5 heteroatoms. The third kappa shape index (κ3) is 6.77.